The summed E-state index contributed by atoms with van der Waals surface area (Å²) in [5, 5.41) is 4.79. The fourth-order valence-electron chi connectivity index (χ4n) is 1.35. The molecule has 0 aliphatic carbocycles. The van der Waals surface area contributed by atoms with Crippen molar-refractivity contribution in [3.63, 3.8) is 0 Å². The number of nitrogens with one attached hydrogen (secondary N) is 2. The Morgan fingerprint density at radius 3 is 1.94 bits per heavy atom. The molecule has 0 saturated carbocycles. The second-order valence-corrected chi connectivity index (χ2v) is 4.86. The molecule has 92 valence electrons. The molecule has 1 aromatic rings. The van der Waals surface area contributed by atoms with Gasteiger partial charge in [-0.25, -0.2) is 0 Å². The maximum Gasteiger partial charge on any atom is 0.313 e. The fraction of sp³-hybridized carbons (Fsp3) is 0.385. The first-order valence-electron chi connectivity index (χ1n) is 5.48. The molecule has 0 aliphatic rings. The number of anilines is 1. The number of rotatable bonds is 1. The van der Waals surface area contributed by atoms with Crippen LogP contribution in [0.15, 0.2) is 24.3 Å². The number of hydrogen-bond acceptors (Lipinski definition) is 2. The van der Waals surface area contributed by atoms with Gasteiger partial charge in [0.2, 0.25) is 0 Å². The summed E-state index contributed by atoms with van der Waals surface area (Å²) in [6.07, 6.45) is 0. The van der Waals surface area contributed by atoms with Crippen LogP contribution in [0.4, 0.5) is 5.69 Å². The van der Waals surface area contributed by atoms with Gasteiger partial charge >= 0.3 is 11.8 Å². The molecule has 0 heterocycles. The predicted molar refractivity (Wildman–Crippen MR) is 67.8 cm³/mol. The summed E-state index contributed by atoms with van der Waals surface area (Å²) < 4.78 is 0. The Morgan fingerprint density at radius 1 is 1.00 bits per heavy atom. The Labute approximate surface area is 101 Å². The van der Waals surface area contributed by atoms with Gasteiger partial charge in [-0.1, -0.05) is 32.9 Å². The Bertz CT molecular complexity index is 416. The molecule has 1 rings (SSSR count). The van der Waals surface area contributed by atoms with E-state index in [1.807, 2.05) is 12.1 Å². The van der Waals surface area contributed by atoms with Crippen LogP contribution in [0.25, 0.3) is 0 Å². The maximum absolute atomic E-state index is 11.3. The fourth-order valence-corrected chi connectivity index (χ4v) is 1.35. The molecule has 17 heavy (non-hydrogen) atoms. The van der Waals surface area contributed by atoms with Gasteiger partial charge in [-0.3, -0.25) is 9.59 Å². The van der Waals surface area contributed by atoms with Crippen LogP contribution in [0.1, 0.15) is 26.3 Å². The summed E-state index contributed by atoms with van der Waals surface area (Å²) in [6, 6.07) is 7.47. The number of likely N-dealkylation sites (N-methyl/N-ethyl adjacent to an activating group) is 1. The van der Waals surface area contributed by atoms with Crippen molar-refractivity contribution >= 4 is 17.5 Å². The molecule has 4 heteroatoms. The minimum atomic E-state index is -0.656. The zero-order valence-electron chi connectivity index (χ0n) is 10.6. The maximum atomic E-state index is 11.3. The first-order chi connectivity index (χ1) is 7.84. The number of carbonyl (C=O) groups is 2. The van der Waals surface area contributed by atoms with Crippen LogP contribution < -0.4 is 10.6 Å². The third-order valence-electron chi connectivity index (χ3n) is 2.44. The molecule has 0 fully saturated rings. The van der Waals surface area contributed by atoms with Crippen molar-refractivity contribution in [2.24, 2.45) is 0 Å². The lowest BCUT2D eigenvalue weighted by Gasteiger charge is -2.19. The molecule has 4 nitrogen and oxygen atoms in total. The van der Waals surface area contributed by atoms with E-state index in [4.69, 9.17) is 0 Å². The number of hydrogen-bond donors (Lipinski definition) is 2. The zero-order valence-corrected chi connectivity index (χ0v) is 10.6. The highest BCUT2D eigenvalue weighted by Crippen LogP contribution is 2.23. The van der Waals surface area contributed by atoms with Gasteiger partial charge in [-0.15, -0.1) is 0 Å². The van der Waals surface area contributed by atoms with Crippen LogP contribution >= 0.6 is 0 Å². The zero-order chi connectivity index (χ0) is 13.1. The number of amides is 2. The van der Waals surface area contributed by atoms with E-state index in [-0.39, 0.29) is 5.41 Å². The van der Waals surface area contributed by atoms with Crippen LogP contribution in [0.3, 0.4) is 0 Å². The van der Waals surface area contributed by atoms with Crippen LogP contribution in [0.2, 0.25) is 0 Å². The van der Waals surface area contributed by atoms with Gasteiger partial charge in [0.05, 0.1) is 0 Å². The van der Waals surface area contributed by atoms with E-state index in [1.54, 1.807) is 12.1 Å². The monoisotopic (exact) mass is 234 g/mol. The predicted octanol–water partition coefficient (Wildman–Crippen LogP) is 1.67. The van der Waals surface area contributed by atoms with E-state index in [2.05, 4.69) is 31.4 Å². The normalized spacial score (nSPS) is 10.8. The summed E-state index contributed by atoms with van der Waals surface area (Å²) in [5.74, 6) is -1.30. The SMILES string of the molecule is CNC(=O)C(=O)Nc1ccc(C(C)(C)C)cc1. The lowest BCUT2D eigenvalue weighted by Crippen LogP contribution is -2.32. The first-order valence-corrected chi connectivity index (χ1v) is 5.48. The lowest BCUT2D eigenvalue weighted by atomic mass is 9.87. The average Bonchev–Trinajstić information content (AvgIpc) is 2.27. The van der Waals surface area contributed by atoms with E-state index in [9.17, 15) is 9.59 Å². The smallest absolute Gasteiger partial charge is 0.313 e. The lowest BCUT2D eigenvalue weighted by molar-refractivity contribution is -0.135. The van der Waals surface area contributed by atoms with E-state index < -0.39 is 11.8 Å². The van der Waals surface area contributed by atoms with Crippen molar-refractivity contribution in [2.45, 2.75) is 26.2 Å². The largest absolute Gasteiger partial charge is 0.351 e. The molecule has 2 N–H and O–H groups in total. The molecular weight excluding hydrogens is 216 g/mol. The van der Waals surface area contributed by atoms with Crippen molar-refractivity contribution in [3.8, 4) is 0 Å². The summed E-state index contributed by atoms with van der Waals surface area (Å²) in [4.78, 5) is 22.3. The molecule has 0 atom stereocenters. The topological polar surface area (TPSA) is 58.2 Å². The highest BCUT2D eigenvalue weighted by Gasteiger charge is 2.14. The van der Waals surface area contributed by atoms with E-state index >= 15 is 0 Å². The first kappa shape index (κ1) is 13.2. The highest BCUT2D eigenvalue weighted by molar-refractivity contribution is 6.39. The highest BCUT2D eigenvalue weighted by atomic mass is 16.2. The molecule has 1 aromatic carbocycles. The molecule has 0 spiro atoms. The van der Waals surface area contributed by atoms with Crippen molar-refractivity contribution in [3.05, 3.63) is 29.8 Å². The van der Waals surface area contributed by atoms with Gasteiger partial charge in [0.15, 0.2) is 0 Å². The Kier molecular flexibility index (Phi) is 3.89. The van der Waals surface area contributed by atoms with Gasteiger partial charge in [-0.2, -0.15) is 0 Å². The summed E-state index contributed by atoms with van der Waals surface area (Å²) >= 11 is 0. The van der Waals surface area contributed by atoms with Crippen LogP contribution in [-0.4, -0.2) is 18.9 Å². The number of carbonyl (C=O) groups excluding carboxylic acids is 2. The Hall–Kier alpha value is -1.84. The molecule has 0 bridgehead atoms. The summed E-state index contributed by atoms with van der Waals surface area (Å²) in [5.41, 5.74) is 1.87. The molecule has 0 saturated heterocycles. The van der Waals surface area contributed by atoms with Crippen LogP contribution in [0.5, 0.6) is 0 Å². The van der Waals surface area contributed by atoms with Crippen LogP contribution in [0, 0.1) is 0 Å². The van der Waals surface area contributed by atoms with Crippen molar-refractivity contribution in [1.82, 2.24) is 5.32 Å². The van der Waals surface area contributed by atoms with Crippen molar-refractivity contribution < 1.29 is 9.59 Å². The van der Waals surface area contributed by atoms with Crippen LogP contribution in [-0.2, 0) is 15.0 Å². The molecule has 0 aromatic heterocycles. The van der Waals surface area contributed by atoms with Gasteiger partial charge in [0.25, 0.3) is 0 Å². The third-order valence-corrected chi connectivity index (χ3v) is 2.44. The quantitative estimate of drug-likeness (QED) is 0.726. The molecular formula is C13H18N2O2. The Morgan fingerprint density at radius 2 is 1.53 bits per heavy atom. The van der Waals surface area contributed by atoms with Gasteiger partial charge in [0, 0.05) is 12.7 Å². The molecule has 0 radical (unpaired) electrons. The van der Waals surface area contributed by atoms with E-state index in [0.29, 0.717) is 5.69 Å². The molecule has 0 unspecified atom stereocenters. The summed E-state index contributed by atoms with van der Waals surface area (Å²) in [6.45, 7) is 6.35. The molecule has 2 amide bonds. The van der Waals surface area contributed by atoms with Crippen molar-refractivity contribution in [1.29, 1.82) is 0 Å². The van der Waals surface area contributed by atoms with Gasteiger partial charge in [0.1, 0.15) is 0 Å². The second-order valence-electron chi connectivity index (χ2n) is 4.86. The van der Waals surface area contributed by atoms with E-state index in [1.165, 1.54) is 12.6 Å². The van der Waals surface area contributed by atoms with Crippen molar-refractivity contribution in [2.75, 3.05) is 12.4 Å². The number of benzene rings is 1. The van der Waals surface area contributed by atoms with E-state index in [0.717, 1.165) is 0 Å². The van der Waals surface area contributed by atoms with Gasteiger partial charge in [-0.05, 0) is 23.1 Å². The standard InChI is InChI=1S/C13H18N2O2/c1-13(2,3)9-5-7-10(8-6-9)15-12(17)11(16)14-4/h5-8H,1-4H3,(H,14,16)(H,15,17). The minimum Gasteiger partial charge on any atom is -0.351 e. The Balaban J connectivity index is 2.76. The minimum absolute atomic E-state index is 0.0728. The summed E-state index contributed by atoms with van der Waals surface area (Å²) in [7, 11) is 1.42. The second kappa shape index (κ2) is 4.99. The molecule has 0 aliphatic heterocycles. The third kappa shape index (κ3) is 3.59. The van der Waals surface area contributed by atoms with Gasteiger partial charge < -0.3 is 10.6 Å². The average molecular weight is 234 g/mol.